The minimum absolute atomic E-state index is 0.722. The van der Waals surface area contributed by atoms with Gasteiger partial charge in [-0.25, -0.2) is 0 Å². The Kier molecular flexibility index (Phi) is 8.26. The lowest BCUT2D eigenvalue weighted by Crippen LogP contribution is -2.40. The predicted octanol–water partition coefficient (Wildman–Crippen LogP) is 3.84. The van der Waals surface area contributed by atoms with Gasteiger partial charge < -0.3 is 5.32 Å². The first-order chi connectivity index (χ1) is 6.67. The highest BCUT2D eigenvalue weighted by Gasteiger charge is 2.21. The zero-order valence-corrected chi connectivity index (χ0v) is 10.8. The van der Waals surface area contributed by atoms with E-state index in [4.69, 9.17) is 0 Å². The maximum atomic E-state index is 3.65. The molecule has 0 saturated heterocycles. The van der Waals surface area contributed by atoms with Gasteiger partial charge in [-0.2, -0.15) is 0 Å². The van der Waals surface area contributed by atoms with Crippen molar-refractivity contribution >= 4 is 0 Å². The molecule has 0 fully saturated rings. The zero-order chi connectivity index (χ0) is 11.0. The molecule has 2 unspecified atom stereocenters. The van der Waals surface area contributed by atoms with Crippen LogP contribution in [0.1, 0.15) is 60.3 Å². The summed E-state index contributed by atoms with van der Waals surface area (Å²) in [5.41, 5.74) is 0. The molecule has 0 aliphatic heterocycles. The van der Waals surface area contributed by atoms with Gasteiger partial charge in [-0.1, -0.05) is 47.5 Å². The largest absolute Gasteiger partial charge is 0.314 e. The zero-order valence-electron chi connectivity index (χ0n) is 10.8. The first-order valence-electron chi connectivity index (χ1n) is 6.40. The molecule has 0 radical (unpaired) electrons. The Balaban J connectivity index is 4.10. The number of nitrogens with one attached hydrogen (secondary N) is 1. The summed E-state index contributed by atoms with van der Waals surface area (Å²) in [6.45, 7) is 12.7. The fourth-order valence-electron chi connectivity index (χ4n) is 2.47. The second-order valence-electron chi connectivity index (χ2n) is 4.62. The maximum Gasteiger partial charge on any atom is 0.0118 e. The molecule has 0 aliphatic carbocycles. The summed E-state index contributed by atoms with van der Waals surface area (Å²) < 4.78 is 0. The molecular formula is C13H29N. The van der Waals surface area contributed by atoms with Crippen LogP contribution >= 0.6 is 0 Å². The molecule has 0 heterocycles. The second-order valence-corrected chi connectivity index (χ2v) is 4.62. The summed E-state index contributed by atoms with van der Waals surface area (Å²) in [6, 6.07) is 0.722. The van der Waals surface area contributed by atoms with Crippen LogP contribution in [-0.4, -0.2) is 12.6 Å². The molecule has 0 bridgehead atoms. The highest BCUT2D eigenvalue weighted by atomic mass is 14.9. The molecule has 1 heteroatoms. The van der Waals surface area contributed by atoms with Crippen molar-refractivity contribution in [2.75, 3.05) is 6.54 Å². The van der Waals surface area contributed by atoms with Crippen molar-refractivity contribution in [1.29, 1.82) is 0 Å². The van der Waals surface area contributed by atoms with Gasteiger partial charge >= 0.3 is 0 Å². The lowest BCUT2D eigenvalue weighted by Gasteiger charge is -2.30. The van der Waals surface area contributed by atoms with Gasteiger partial charge in [0, 0.05) is 6.04 Å². The average molecular weight is 199 g/mol. The summed E-state index contributed by atoms with van der Waals surface area (Å²) in [5, 5.41) is 3.65. The van der Waals surface area contributed by atoms with Crippen LogP contribution in [0.5, 0.6) is 0 Å². The lowest BCUT2D eigenvalue weighted by atomic mass is 9.85. The predicted molar refractivity (Wildman–Crippen MR) is 65.6 cm³/mol. The van der Waals surface area contributed by atoms with Crippen LogP contribution in [-0.2, 0) is 0 Å². The number of hydrogen-bond acceptors (Lipinski definition) is 1. The van der Waals surface area contributed by atoms with Crippen LogP contribution in [0.25, 0.3) is 0 Å². The van der Waals surface area contributed by atoms with E-state index in [1.165, 1.54) is 25.7 Å². The first kappa shape index (κ1) is 14.0. The van der Waals surface area contributed by atoms with Crippen molar-refractivity contribution in [1.82, 2.24) is 5.32 Å². The average Bonchev–Trinajstić information content (AvgIpc) is 2.14. The fraction of sp³-hybridized carbons (Fsp3) is 1.00. The van der Waals surface area contributed by atoms with E-state index in [0.717, 1.165) is 24.4 Å². The van der Waals surface area contributed by atoms with Gasteiger partial charge in [-0.3, -0.25) is 0 Å². The third-order valence-corrected chi connectivity index (χ3v) is 3.15. The highest BCUT2D eigenvalue weighted by molar-refractivity contribution is 4.77. The molecule has 0 aromatic rings. The molecule has 0 aliphatic rings. The van der Waals surface area contributed by atoms with Gasteiger partial charge in [0.05, 0.1) is 0 Å². The molecule has 14 heavy (non-hydrogen) atoms. The summed E-state index contributed by atoms with van der Waals surface area (Å²) in [4.78, 5) is 0. The van der Waals surface area contributed by atoms with Crippen molar-refractivity contribution in [3.05, 3.63) is 0 Å². The minimum atomic E-state index is 0.722. The SMILES string of the molecule is CCCC(C)C(NCC)C(C)CCC. The quantitative estimate of drug-likeness (QED) is 0.626. The maximum absolute atomic E-state index is 3.65. The Hall–Kier alpha value is -0.0400. The number of rotatable bonds is 8. The molecular weight excluding hydrogens is 170 g/mol. The van der Waals surface area contributed by atoms with E-state index in [0.29, 0.717) is 0 Å². The molecule has 0 spiro atoms. The van der Waals surface area contributed by atoms with Crippen molar-refractivity contribution in [2.45, 2.75) is 66.3 Å². The van der Waals surface area contributed by atoms with Crippen LogP contribution in [0.15, 0.2) is 0 Å². The minimum Gasteiger partial charge on any atom is -0.314 e. The Morgan fingerprint density at radius 1 is 0.857 bits per heavy atom. The van der Waals surface area contributed by atoms with Gasteiger partial charge in [0.25, 0.3) is 0 Å². The molecule has 0 rings (SSSR count). The van der Waals surface area contributed by atoms with Crippen LogP contribution in [0, 0.1) is 11.8 Å². The van der Waals surface area contributed by atoms with E-state index < -0.39 is 0 Å². The fourth-order valence-corrected chi connectivity index (χ4v) is 2.47. The Morgan fingerprint density at radius 3 is 1.57 bits per heavy atom. The third-order valence-electron chi connectivity index (χ3n) is 3.15. The summed E-state index contributed by atoms with van der Waals surface area (Å²) in [5.74, 6) is 1.64. The van der Waals surface area contributed by atoms with E-state index in [1.54, 1.807) is 0 Å². The van der Waals surface area contributed by atoms with Crippen molar-refractivity contribution in [2.24, 2.45) is 11.8 Å². The molecule has 1 N–H and O–H groups in total. The Labute approximate surface area is 90.7 Å². The molecule has 86 valence electrons. The van der Waals surface area contributed by atoms with Gasteiger partial charge in [0.1, 0.15) is 0 Å². The third kappa shape index (κ3) is 4.99. The molecule has 2 atom stereocenters. The molecule has 1 nitrogen and oxygen atoms in total. The van der Waals surface area contributed by atoms with E-state index in [-0.39, 0.29) is 0 Å². The molecule has 0 amide bonds. The monoisotopic (exact) mass is 199 g/mol. The van der Waals surface area contributed by atoms with E-state index in [9.17, 15) is 0 Å². The molecule has 0 saturated carbocycles. The van der Waals surface area contributed by atoms with Gasteiger partial charge in [0.15, 0.2) is 0 Å². The van der Waals surface area contributed by atoms with Crippen molar-refractivity contribution < 1.29 is 0 Å². The smallest absolute Gasteiger partial charge is 0.0118 e. The van der Waals surface area contributed by atoms with E-state index in [1.807, 2.05) is 0 Å². The summed E-state index contributed by atoms with van der Waals surface area (Å²) in [6.07, 6.45) is 5.32. The second kappa shape index (κ2) is 8.28. The van der Waals surface area contributed by atoms with Crippen LogP contribution in [0.2, 0.25) is 0 Å². The Morgan fingerprint density at radius 2 is 1.29 bits per heavy atom. The summed E-state index contributed by atoms with van der Waals surface area (Å²) >= 11 is 0. The normalized spacial score (nSPS) is 17.8. The van der Waals surface area contributed by atoms with Crippen molar-refractivity contribution in [3.8, 4) is 0 Å². The standard InChI is InChI=1S/C13H29N/c1-6-9-11(4)13(14-8-3)12(5)10-7-2/h11-14H,6-10H2,1-5H3. The van der Waals surface area contributed by atoms with Crippen LogP contribution in [0.3, 0.4) is 0 Å². The first-order valence-corrected chi connectivity index (χ1v) is 6.40. The van der Waals surface area contributed by atoms with E-state index >= 15 is 0 Å². The topological polar surface area (TPSA) is 12.0 Å². The van der Waals surface area contributed by atoms with E-state index in [2.05, 4.69) is 39.9 Å². The van der Waals surface area contributed by atoms with Gasteiger partial charge in [-0.05, 0) is 31.2 Å². The highest BCUT2D eigenvalue weighted by Crippen LogP contribution is 2.21. The van der Waals surface area contributed by atoms with Gasteiger partial charge in [0.2, 0.25) is 0 Å². The van der Waals surface area contributed by atoms with Crippen molar-refractivity contribution in [3.63, 3.8) is 0 Å². The van der Waals surface area contributed by atoms with Crippen LogP contribution < -0.4 is 5.32 Å². The molecule has 0 aromatic heterocycles. The molecule has 0 aromatic carbocycles. The van der Waals surface area contributed by atoms with Gasteiger partial charge in [-0.15, -0.1) is 0 Å². The summed E-state index contributed by atoms with van der Waals surface area (Å²) in [7, 11) is 0. The van der Waals surface area contributed by atoms with Crippen LogP contribution in [0.4, 0.5) is 0 Å². The number of hydrogen-bond donors (Lipinski definition) is 1. The Bertz CT molecular complexity index is 110. The lowest BCUT2D eigenvalue weighted by molar-refractivity contribution is 0.263.